The Balaban J connectivity index is 2.46. The van der Waals surface area contributed by atoms with Crippen LogP contribution in [0.1, 0.15) is 0 Å². The largest absolute Gasteiger partial charge is 0.448 e. The van der Waals surface area contributed by atoms with Gasteiger partial charge in [0.25, 0.3) is 0 Å². The second kappa shape index (κ2) is 5.61. The van der Waals surface area contributed by atoms with Crippen molar-refractivity contribution in [2.45, 2.75) is 0 Å². The van der Waals surface area contributed by atoms with E-state index in [-0.39, 0.29) is 11.4 Å². The quantitative estimate of drug-likeness (QED) is 0.425. The molecule has 0 N–H and O–H groups in total. The van der Waals surface area contributed by atoms with E-state index in [2.05, 4.69) is 43.5 Å². The molecule has 0 amide bonds. The van der Waals surface area contributed by atoms with Gasteiger partial charge in [0.15, 0.2) is 0 Å². The van der Waals surface area contributed by atoms with Crippen LogP contribution >= 0.6 is 38.5 Å². The van der Waals surface area contributed by atoms with Crippen molar-refractivity contribution in [2.75, 3.05) is 0 Å². The summed E-state index contributed by atoms with van der Waals surface area (Å²) in [6.45, 7) is 0. The van der Waals surface area contributed by atoms with Crippen LogP contribution in [0.4, 0.5) is 5.69 Å². The Kier molecular flexibility index (Phi) is 4.12. The van der Waals surface area contributed by atoms with Crippen LogP contribution in [-0.2, 0) is 0 Å². The van der Waals surface area contributed by atoms with E-state index in [1.165, 1.54) is 6.20 Å². The third kappa shape index (κ3) is 2.78. The molecule has 0 aliphatic heterocycles. The lowest BCUT2D eigenvalue weighted by molar-refractivity contribution is -0.386. The predicted octanol–water partition coefficient (Wildman–Crippen LogP) is 4.15. The molecule has 0 saturated heterocycles. The number of halogens is 2. The van der Waals surface area contributed by atoms with Crippen LogP contribution in [0, 0.1) is 13.7 Å². The van der Waals surface area contributed by atoms with E-state index >= 15 is 0 Å². The Morgan fingerprint density at radius 2 is 2.06 bits per heavy atom. The van der Waals surface area contributed by atoms with Crippen LogP contribution in [0.15, 0.2) is 41.1 Å². The molecule has 0 unspecified atom stereocenters. The number of nitro groups is 1. The fourth-order valence-corrected chi connectivity index (χ4v) is 2.18. The highest BCUT2D eigenvalue weighted by molar-refractivity contribution is 14.1. The zero-order valence-electron chi connectivity index (χ0n) is 8.84. The number of hydrogen-bond acceptors (Lipinski definition) is 4. The van der Waals surface area contributed by atoms with Gasteiger partial charge in [-0.05, 0) is 50.7 Å². The zero-order valence-corrected chi connectivity index (χ0v) is 12.6. The van der Waals surface area contributed by atoms with Crippen LogP contribution in [-0.4, -0.2) is 9.91 Å². The molecule has 1 heterocycles. The van der Waals surface area contributed by atoms with E-state index in [1.54, 1.807) is 12.1 Å². The molecule has 2 rings (SSSR count). The van der Waals surface area contributed by atoms with Crippen molar-refractivity contribution in [2.24, 2.45) is 0 Å². The lowest BCUT2D eigenvalue weighted by Crippen LogP contribution is -1.96. The van der Waals surface area contributed by atoms with Gasteiger partial charge in [0.05, 0.1) is 13.0 Å². The summed E-state index contributed by atoms with van der Waals surface area (Å²) in [6.07, 6.45) is 2.62. The predicted molar refractivity (Wildman–Crippen MR) is 77.8 cm³/mol. The Bertz CT molecular complexity index is 607. The normalized spacial score (nSPS) is 10.1. The zero-order chi connectivity index (χ0) is 13.1. The van der Waals surface area contributed by atoms with Gasteiger partial charge < -0.3 is 4.74 Å². The van der Waals surface area contributed by atoms with Gasteiger partial charge in [-0.15, -0.1) is 0 Å². The molecule has 1 aromatic carbocycles. The van der Waals surface area contributed by atoms with E-state index in [1.807, 2.05) is 12.1 Å². The SMILES string of the molecule is O=[N+]([O-])c1cncc(Br)c1Oc1ccccc1I. The fourth-order valence-electron chi connectivity index (χ4n) is 1.28. The molecule has 0 saturated carbocycles. The first-order chi connectivity index (χ1) is 8.59. The first-order valence-electron chi connectivity index (χ1n) is 4.80. The van der Waals surface area contributed by atoms with E-state index in [4.69, 9.17) is 4.74 Å². The summed E-state index contributed by atoms with van der Waals surface area (Å²) in [5, 5.41) is 10.9. The van der Waals surface area contributed by atoms with Crippen molar-refractivity contribution in [1.82, 2.24) is 4.98 Å². The van der Waals surface area contributed by atoms with Gasteiger partial charge in [-0.25, -0.2) is 0 Å². The summed E-state index contributed by atoms with van der Waals surface area (Å²) in [5.41, 5.74) is -0.177. The van der Waals surface area contributed by atoms with Gasteiger partial charge in [0, 0.05) is 6.20 Å². The molecule has 0 atom stereocenters. The number of ether oxygens (including phenoxy) is 1. The topological polar surface area (TPSA) is 65.3 Å². The Morgan fingerprint density at radius 3 is 2.72 bits per heavy atom. The monoisotopic (exact) mass is 420 g/mol. The van der Waals surface area contributed by atoms with Crippen molar-refractivity contribution in [3.63, 3.8) is 0 Å². The third-order valence-corrected chi connectivity index (χ3v) is 3.54. The number of nitrogens with zero attached hydrogens (tertiary/aromatic N) is 2. The van der Waals surface area contributed by atoms with Gasteiger partial charge in [-0.1, -0.05) is 12.1 Å². The van der Waals surface area contributed by atoms with Crippen LogP contribution in [0.5, 0.6) is 11.5 Å². The Morgan fingerprint density at radius 1 is 1.33 bits per heavy atom. The van der Waals surface area contributed by atoms with Crippen molar-refractivity contribution >= 4 is 44.2 Å². The van der Waals surface area contributed by atoms with Crippen LogP contribution in [0.3, 0.4) is 0 Å². The van der Waals surface area contributed by atoms with Crippen LogP contribution in [0.2, 0.25) is 0 Å². The molecular formula is C11H6BrIN2O3. The minimum absolute atomic E-state index is 0.152. The number of aromatic nitrogens is 1. The summed E-state index contributed by atoms with van der Waals surface area (Å²) in [4.78, 5) is 14.1. The maximum absolute atomic E-state index is 10.9. The van der Waals surface area contributed by atoms with E-state index in [9.17, 15) is 10.1 Å². The average Bonchev–Trinajstić information content (AvgIpc) is 2.34. The summed E-state index contributed by atoms with van der Waals surface area (Å²) in [5.74, 6) is 0.715. The molecule has 18 heavy (non-hydrogen) atoms. The van der Waals surface area contributed by atoms with E-state index in [0.717, 1.165) is 9.77 Å². The molecule has 0 aliphatic rings. The molecule has 92 valence electrons. The molecule has 0 spiro atoms. The number of benzene rings is 1. The smallest absolute Gasteiger partial charge is 0.330 e. The van der Waals surface area contributed by atoms with Crippen LogP contribution < -0.4 is 4.74 Å². The number of rotatable bonds is 3. The molecule has 0 fully saturated rings. The fraction of sp³-hybridized carbons (Fsp3) is 0. The summed E-state index contributed by atoms with van der Waals surface area (Å²) < 4.78 is 6.91. The van der Waals surface area contributed by atoms with E-state index < -0.39 is 4.92 Å². The van der Waals surface area contributed by atoms with Crippen molar-refractivity contribution < 1.29 is 9.66 Å². The highest BCUT2D eigenvalue weighted by Gasteiger charge is 2.20. The van der Waals surface area contributed by atoms with Crippen molar-refractivity contribution in [3.8, 4) is 11.5 Å². The summed E-state index contributed by atoms with van der Waals surface area (Å²) in [6, 6.07) is 7.28. The number of pyridine rings is 1. The minimum atomic E-state index is -0.525. The van der Waals surface area contributed by atoms with Gasteiger partial charge in [-0.3, -0.25) is 15.1 Å². The molecule has 7 heteroatoms. The third-order valence-electron chi connectivity index (χ3n) is 2.08. The molecule has 5 nitrogen and oxygen atoms in total. The van der Waals surface area contributed by atoms with Gasteiger partial charge >= 0.3 is 5.69 Å². The van der Waals surface area contributed by atoms with Gasteiger partial charge in [-0.2, -0.15) is 0 Å². The number of hydrogen-bond donors (Lipinski definition) is 0. The first-order valence-corrected chi connectivity index (χ1v) is 6.67. The second-order valence-corrected chi connectivity index (χ2v) is 5.28. The molecule has 0 radical (unpaired) electrons. The molecule has 1 aromatic heterocycles. The molecule has 2 aromatic rings. The Labute approximate surface area is 125 Å². The lowest BCUT2D eigenvalue weighted by atomic mass is 10.3. The second-order valence-electron chi connectivity index (χ2n) is 3.26. The Hall–Kier alpha value is -1.22. The molecular weight excluding hydrogens is 415 g/mol. The first kappa shape index (κ1) is 13.2. The molecule has 0 aliphatic carbocycles. The van der Waals surface area contributed by atoms with Crippen LogP contribution in [0.25, 0.3) is 0 Å². The highest BCUT2D eigenvalue weighted by Crippen LogP contribution is 2.38. The lowest BCUT2D eigenvalue weighted by Gasteiger charge is -2.08. The van der Waals surface area contributed by atoms with Crippen molar-refractivity contribution in [1.29, 1.82) is 0 Å². The maximum atomic E-state index is 10.9. The van der Waals surface area contributed by atoms with Gasteiger partial charge in [0.2, 0.25) is 5.75 Å². The summed E-state index contributed by atoms with van der Waals surface area (Å²) >= 11 is 5.31. The summed E-state index contributed by atoms with van der Waals surface area (Å²) in [7, 11) is 0. The standard InChI is InChI=1S/C11H6BrIN2O3/c12-7-5-14-6-9(15(16)17)11(7)18-10-4-2-1-3-8(10)13/h1-6H. The average molecular weight is 421 g/mol. The molecule has 0 bridgehead atoms. The van der Waals surface area contributed by atoms with E-state index in [0.29, 0.717) is 10.2 Å². The van der Waals surface area contributed by atoms with Gasteiger partial charge in [0.1, 0.15) is 11.9 Å². The number of para-hydroxylation sites is 1. The highest BCUT2D eigenvalue weighted by atomic mass is 127. The minimum Gasteiger partial charge on any atom is -0.448 e. The maximum Gasteiger partial charge on any atom is 0.330 e. The van der Waals surface area contributed by atoms with Crippen molar-refractivity contribution in [3.05, 3.63) is 54.8 Å².